The lowest BCUT2D eigenvalue weighted by Gasteiger charge is -2.31. The number of nitrogens with zero attached hydrogens (tertiary/aromatic N) is 2. The van der Waals surface area contributed by atoms with Gasteiger partial charge in [0.1, 0.15) is 5.69 Å². The van der Waals surface area contributed by atoms with Crippen LogP contribution in [0.5, 0.6) is 0 Å². The summed E-state index contributed by atoms with van der Waals surface area (Å²) in [6, 6.07) is 7.79. The minimum absolute atomic E-state index is 0.0242. The number of carbonyl (C=O) groups is 1. The van der Waals surface area contributed by atoms with Gasteiger partial charge in [0.15, 0.2) is 0 Å². The third-order valence-electron chi connectivity index (χ3n) is 3.78. The first-order chi connectivity index (χ1) is 9.59. The first-order valence-electron chi connectivity index (χ1n) is 6.73. The van der Waals surface area contributed by atoms with Crippen LogP contribution in [0.4, 0.5) is 0 Å². The van der Waals surface area contributed by atoms with E-state index in [2.05, 4.69) is 0 Å². The van der Waals surface area contributed by atoms with Gasteiger partial charge in [-0.15, -0.1) is 0 Å². The zero-order valence-electron chi connectivity index (χ0n) is 11.6. The molecule has 20 heavy (non-hydrogen) atoms. The van der Waals surface area contributed by atoms with Crippen molar-refractivity contribution >= 4 is 28.4 Å². The first-order valence-corrected chi connectivity index (χ1v) is 7.11. The van der Waals surface area contributed by atoms with Gasteiger partial charge in [0.2, 0.25) is 0 Å². The fraction of sp³-hybridized carbons (Fsp3) is 0.400. The van der Waals surface area contributed by atoms with Gasteiger partial charge in [0.05, 0.1) is 17.7 Å². The fourth-order valence-electron chi connectivity index (χ4n) is 2.74. The second-order valence-electron chi connectivity index (χ2n) is 5.17. The Morgan fingerprint density at radius 3 is 2.85 bits per heavy atom. The Labute approximate surface area is 122 Å². The molecular formula is C15H17ClN2O2. The van der Waals surface area contributed by atoms with E-state index in [1.54, 1.807) is 0 Å². The number of fused-ring (bicyclic) bond motifs is 1. The molecule has 106 valence electrons. The number of hydrogen-bond acceptors (Lipinski definition) is 2. The van der Waals surface area contributed by atoms with Crippen LogP contribution < -0.4 is 0 Å². The molecule has 0 N–H and O–H groups in total. The van der Waals surface area contributed by atoms with Crippen LogP contribution in [0.2, 0.25) is 5.02 Å². The highest BCUT2D eigenvalue weighted by Gasteiger charge is 2.27. The predicted molar refractivity (Wildman–Crippen MR) is 79.2 cm³/mol. The SMILES string of the molecule is CC1CN(C(=O)c2c(Cl)c3ccccc3n2C)CCO1. The lowest BCUT2D eigenvalue weighted by Crippen LogP contribution is -2.45. The second-order valence-corrected chi connectivity index (χ2v) is 5.55. The number of aromatic nitrogens is 1. The van der Waals surface area contributed by atoms with E-state index in [9.17, 15) is 4.79 Å². The minimum atomic E-state index is -0.0242. The Balaban J connectivity index is 2.03. The smallest absolute Gasteiger partial charge is 0.272 e. The second kappa shape index (κ2) is 5.11. The average molecular weight is 293 g/mol. The van der Waals surface area contributed by atoms with Crippen molar-refractivity contribution in [1.82, 2.24) is 9.47 Å². The molecule has 2 aromatic rings. The van der Waals surface area contributed by atoms with Gasteiger partial charge in [-0.2, -0.15) is 0 Å². The van der Waals surface area contributed by atoms with Crippen molar-refractivity contribution in [1.29, 1.82) is 0 Å². The number of hydrogen-bond donors (Lipinski definition) is 0. The number of halogens is 1. The Bertz CT molecular complexity index is 626. The van der Waals surface area contributed by atoms with Gasteiger partial charge >= 0.3 is 0 Å². The third kappa shape index (κ3) is 2.09. The molecule has 1 unspecified atom stereocenters. The lowest BCUT2D eigenvalue weighted by atomic mass is 10.2. The number of amides is 1. The molecule has 0 spiro atoms. The van der Waals surface area contributed by atoms with E-state index in [-0.39, 0.29) is 12.0 Å². The van der Waals surface area contributed by atoms with Gasteiger partial charge < -0.3 is 14.2 Å². The largest absolute Gasteiger partial charge is 0.375 e. The number of morpholine rings is 1. The van der Waals surface area contributed by atoms with Crippen molar-refractivity contribution in [3.05, 3.63) is 35.0 Å². The lowest BCUT2D eigenvalue weighted by molar-refractivity contribution is -0.0127. The molecule has 0 bridgehead atoms. The summed E-state index contributed by atoms with van der Waals surface area (Å²) in [4.78, 5) is 14.5. The van der Waals surface area contributed by atoms with Crippen molar-refractivity contribution < 1.29 is 9.53 Å². The number of carbonyl (C=O) groups excluding carboxylic acids is 1. The summed E-state index contributed by atoms with van der Waals surface area (Å²) in [5.41, 5.74) is 1.53. The van der Waals surface area contributed by atoms with Crippen LogP contribution in [-0.2, 0) is 11.8 Å². The van der Waals surface area contributed by atoms with Crippen LogP contribution in [0.15, 0.2) is 24.3 Å². The van der Waals surface area contributed by atoms with Crippen molar-refractivity contribution in [2.45, 2.75) is 13.0 Å². The Morgan fingerprint density at radius 2 is 2.15 bits per heavy atom. The highest BCUT2D eigenvalue weighted by atomic mass is 35.5. The summed E-state index contributed by atoms with van der Waals surface area (Å²) in [6.45, 7) is 3.77. The normalized spacial score (nSPS) is 19.6. The summed E-state index contributed by atoms with van der Waals surface area (Å²) in [5.74, 6) is -0.0242. The summed E-state index contributed by atoms with van der Waals surface area (Å²) < 4.78 is 7.35. The van der Waals surface area contributed by atoms with Crippen LogP contribution in [-0.4, -0.2) is 41.2 Å². The maximum Gasteiger partial charge on any atom is 0.272 e. The van der Waals surface area contributed by atoms with Gasteiger partial charge in [-0.1, -0.05) is 29.8 Å². The number of benzene rings is 1. The molecule has 1 aliphatic heterocycles. The van der Waals surface area contributed by atoms with E-state index in [0.29, 0.717) is 30.4 Å². The molecule has 4 nitrogen and oxygen atoms in total. The summed E-state index contributed by atoms with van der Waals surface area (Å²) in [7, 11) is 1.88. The molecule has 0 saturated carbocycles. The molecule has 0 radical (unpaired) electrons. The standard InChI is InChI=1S/C15H17ClN2O2/c1-10-9-18(7-8-20-10)15(19)14-13(16)11-5-3-4-6-12(11)17(14)2/h3-6,10H,7-9H2,1-2H3. The molecule has 1 atom stereocenters. The van der Waals surface area contributed by atoms with E-state index in [1.165, 1.54) is 0 Å². The van der Waals surface area contributed by atoms with E-state index >= 15 is 0 Å². The number of rotatable bonds is 1. The molecular weight excluding hydrogens is 276 g/mol. The van der Waals surface area contributed by atoms with E-state index in [4.69, 9.17) is 16.3 Å². The minimum Gasteiger partial charge on any atom is -0.375 e. The molecule has 1 aliphatic rings. The Hall–Kier alpha value is -1.52. The molecule has 1 aromatic heterocycles. The molecule has 1 saturated heterocycles. The van der Waals surface area contributed by atoms with Crippen molar-refractivity contribution in [3.8, 4) is 0 Å². The molecule has 3 rings (SSSR count). The quantitative estimate of drug-likeness (QED) is 0.810. The molecule has 1 aromatic carbocycles. The van der Waals surface area contributed by atoms with Crippen molar-refractivity contribution in [2.75, 3.05) is 19.7 Å². The van der Waals surface area contributed by atoms with Gasteiger partial charge in [-0.3, -0.25) is 4.79 Å². The number of ether oxygens (including phenoxy) is 1. The maximum atomic E-state index is 12.7. The third-order valence-corrected chi connectivity index (χ3v) is 4.16. The zero-order valence-corrected chi connectivity index (χ0v) is 12.4. The van der Waals surface area contributed by atoms with Crippen molar-refractivity contribution in [2.24, 2.45) is 7.05 Å². The molecule has 1 amide bonds. The zero-order chi connectivity index (χ0) is 14.3. The summed E-state index contributed by atoms with van der Waals surface area (Å²) >= 11 is 6.41. The van der Waals surface area contributed by atoms with E-state index < -0.39 is 0 Å². The fourth-order valence-corrected chi connectivity index (χ4v) is 3.10. The van der Waals surface area contributed by atoms with Crippen LogP contribution >= 0.6 is 11.6 Å². The Kier molecular flexibility index (Phi) is 3.44. The van der Waals surface area contributed by atoms with Gasteiger partial charge in [0.25, 0.3) is 5.91 Å². The molecule has 5 heteroatoms. The highest BCUT2D eigenvalue weighted by molar-refractivity contribution is 6.38. The maximum absolute atomic E-state index is 12.7. The van der Waals surface area contributed by atoms with E-state index in [1.807, 2.05) is 47.7 Å². The van der Waals surface area contributed by atoms with E-state index in [0.717, 1.165) is 10.9 Å². The summed E-state index contributed by atoms with van der Waals surface area (Å²) in [5, 5.41) is 1.45. The molecule has 1 fully saturated rings. The molecule has 2 heterocycles. The topological polar surface area (TPSA) is 34.5 Å². The van der Waals surface area contributed by atoms with Crippen LogP contribution in [0, 0.1) is 0 Å². The summed E-state index contributed by atoms with van der Waals surface area (Å²) in [6.07, 6.45) is 0.0705. The van der Waals surface area contributed by atoms with Crippen molar-refractivity contribution in [3.63, 3.8) is 0 Å². The van der Waals surface area contributed by atoms with Gasteiger partial charge in [-0.25, -0.2) is 0 Å². The first kappa shape index (κ1) is 13.5. The van der Waals surface area contributed by atoms with Gasteiger partial charge in [0, 0.05) is 31.0 Å². The number of aryl methyl sites for hydroxylation is 1. The predicted octanol–water partition coefficient (Wildman–Crippen LogP) is 2.69. The van der Waals surface area contributed by atoms with Crippen LogP contribution in [0.3, 0.4) is 0 Å². The molecule has 0 aliphatic carbocycles. The monoisotopic (exact) mass is 292 g/mol. The van der Waals surface area contributed by atoms with Crippen LogP contribution in [0.1, 0.15) is 17.4 Å². The van der Waals surface area contributed by atoms with Gasteiger partial charge in [-0.05, 0) is 13.0 Å². The average Bonchev–Trinajstić information content (AvgIpc) is 2.71. The highest BCUT2D eigenvalue weighted by Crippen LogP contribution is 2.30. The van der Waals surface area contributed by atoms with Crippen LogP contribution in [0.25, 0.3) is 10.9 Å². The number of para-hydroxylation sites is 1. The Morgan fingerprint density at radius 1 is 1.40 bits per heavy atom.